The van der Waals surface area contributed by atoms with Gasteiger partial charge in [-0.15, -0.1) is 0 Å². The van der Waals surface area contributed by atoms with Crippen molar-refractivity contribution >= 4 is 21.6 Å². The number of aryl methyl sites for hydroxylation is 1. The van der Waals surface area contributed by atoms with Gasteiger partial charge < -0.3 is 10.2 Å². The number of hydrogen-bond donors (Lipinski definition) is 2. The van der Waals surface area contributed by atoms with E-state index in [1.165, 1.54) is 12.8 Å². The Bertz CT molecular complexity index is 953. The predicted octanol–water partition coefficient (Wildman–Crippen LogP) is 3.65. The third kappa shape index (κ3) is 6.06. The Labute approximate surface area is 179 Å². The summed E-state index contributed by atoms with van der Waals surface area (Å²) in [6, 6.07) is 13.2. The Hall–Kier alpha value is -2.38. The van der Waals surface area contributed by atoms with Crippen molar-refractivity contribution in [2.24, 2.45) is 5.92 Å². The fourth-order valence-electron chi connectivity index (χ4n) is 3.62. The van der Waals surface area contributed by atoms with E-state index in [1.807, 2.05) is 0 Å². The van der Waals surface area contributed by atoms with Crippen LogP contribution in [0.25, 0.3) is 0 Å². The van der Waals surface area contributed by atoms with Crippen LogP contribution in [0.15, 0.2) is 53.4 Å². The summed E-state index contributed by atoms with van der Waals surface area (Å²) in [6.07, 6.45) is 3.44. The molecule has 0 aromatic heterocycles. The first-order chi connectivity index (χ1) is 14.3. The molecular formula is C23H31N3O3S. The van der Waals surface area contributed by atoms with E-state index in [1.54, 1.807) is 55.5 Å². The topological polar surface area (TPSA) is 78.5 Å². The van der Waals surface area contributed by atoms with Gasteiger partial charge in [-0.1, -0.05) is 25.1 Å². The highest BCUT2D eigenvalue weighted by molar-refractivity contribution is 7.92. The molecule has 0 bridgehead atoms. The lowest BCUT2D eigenvalue weighted by Crippen LogP contribution is -2.35. The molecule has 7 heteroatoms. The van der Waals surface area contributed by atoms with Crippen LogP contribution in [0.1, 0.15) is 42.1 Å². The number of carbonyl (C=O) groups excluding carboxylic acids is 1. The van der Waals surface area contributed by atoms with E-state index < -0.39 is 10.0 Å². The number of benzene rings is 2. The minimum absolute atomic E-state index is 0.136. The predicted molar refractivity (Wildman–Crippen MR) is 120 cm³/mol. The molecule has 30 heavy (non-hydrogen) atoms. The smallest absolute Gasteiger partial charge is 0.261 e. The minimum Gasteiger partial charge on any atom is -0.352 e. The summed E-state index contributed by atoms with van der Waals surface area (Å²) in [5.41, 5.74) is 1.70. The molecular weight excluding hydrogens is 398 g/mol. The molecule has 2 N–H and O–H groups in total. The van der Waals surface area contributed by atoms with Gasteiger partial charge in [-0.25, -0.2) is 8.42 Å². The summed E-state index contributed by atoms with van der Waals surface area (Å²) in [6.45, 7) is 8.02. The van der Waals surface area contributed by atoms with Gasteiger partial charge in [0, 0.05) is 12.1 Å². The highest BCUT2D eigenvalue weighted by atomic mass is 32.2. The highest BCUT2D eigenvalue weighted by Crippen LogP contribution is 2.21. The number of piperidine rings is 1. The molecule has 0 spiro atoms. The third-order valence-corrected chi connectivity index (χ3v) is 6.98. The molecule has 0 aliphatic carbocycles. The van der Waals surface area contributed by atoms with Crippen LogP contribution in [0, 0.1) is 12.8 Å². The van der Waals surface area contributed by atoms with Gasteiger partial charge in [0.1, 0.15) is 0 Å². The van der Waals surface area contributed by atoms with Crippen molar-refractivity contribution in [3.63, 3.8) is 0 Å². The average molecular weight is 430 g/mol. The molecule has 1 amide bonds. The van der Waals surface area contributed by atoms with Gasteiger partial charge in [0.2, 0.25) is 0 Å². The summed E-state index contributed by atoms with van der Waals surface area (Å²) in [5, 5.41) is 2.96. The molecule has 0 saturated carbocycles. The van der Waals surface area contributed by atoms with Crippen LogP contribution < -0.4 is 10.0 Å². The van der Waals surface area contributed by atoms with Gasteiger partial charge in [-0.05, 0) is 87.6 Å². The van der Waals surface area contributed by atoms with Crippen LogP contribution in [0.5, 0.6) is 0 Å². The zero-order valence-corrected chi connectivity index (χ0v) is 18.5. The number of hydrogen-bond acceptors (Lipinski definition) is 4. The normalized spacial score (nSPS) is 15.7. The maximum Gasteiger partial charge on any atom is 0.261 e. The number of likely N-dealkylation sites (tertiary alicyclic amines) is 1. The largest absolute Gasteiger partial charge is 0.352 e. The molecule has 2 aromatic rings. The summed E-state index contributed by atoms with van der Waals surface area (Å²) >= 11 is 0. The number of nitrogens with zero attached hydrogens (tertiary/aromatic N) is 1. The number of rotatable bonds is 8. The monoisotopic (exact) mass is 429 g/mol. The van der Waals surface area contributed by atoms with Gasteiger partial charge in [0.25, 0.3) is 15.9 Å². The van der Waals surface area contributed by atoms with Gasteiger partial charge in [0.15, 0.2) is 0 Å². The SMILES string of the molecule is Cc1cc(C(=O)NCCCN2CCC(C)CC2)ccc1NS(=O)(=O)c1ccccc1. The van der Waals surface area contributed by atoms with Gasteiger partial charge >= 0.3 is 0 Å². The molecule has 1 saturated heterocycles. The Morgan fingerprint density at radius 3 is 2.47 bits per heavy atom. The van der Waals surface area contributed by atoms with Crippen molar-refractivity contribution < 1.29 is 13.2 Å². The van der Waals surface area contributed by atoms with Crippen LogP contribution >= 0.6 is 0 Å². The van der Waals surface area contributed by atoms with E-state index in [0.717, 1.165) is 32.0 Å². The van der Waals surface area contributed by atoms with Crippen molar-refractivity contribution in [3.8, 4) is 0 Å². The van der Waals surface area contributed by atoms with E-state index in [4.69, 9.17) is 0 Å². The molecule has 0 atom stereocenters. The second-order valence-corrected chi connectivity index (χ2v) is 9.76. The van der Waals surface area contributed by atoms with Crippen LogP contribution in [-0.2, 0) is 10.0 Å². The fraction of sp³-hybridized carbons (Fsp3) is 0.435. The molecule has 162 valence electrons. The van der Waals surface area contributed by atoms with Gasteiger partial charge in [0.05, 0.1) is 10.6 Å². The molecule has 1 aliphatic heterocycles. The number of amides is 1. The van der Waals surface area contributed by atoms with E-state index in [0.29, 0.717) is 23.4 Å². The molecule has 0 radical (unpaired) electrons. The summed E-state index contributed by atoms with van der Waals surface area (Å²) < 4.78 is 27.6. The van der Waals surface area contributed by atoms with E-state index in [-0.39, 0.29) is 10.8 Å². The van der Waals surface area contributed by atoms with Crippen molar-refractivity contribution in [1.29, 1.82) is 0 Å². The fourth-order valence-corrected chi connectivity index (χ4v) is 4.77. The van der Waals surface area contributed by atoms with Crippen LogP contribution in [0.4, 0.5) is 5.69 Å². The Kier molecular flexibility index (Phi) is 7.50. The summed E-state index contributed by atoms with van der Waals surface area (Å²) in [7, 11) is -3.66. The van der Waals surface area contributed by atoms with E-state index in [2.05, 4.69) is 21.9 Å². The Morgan fingerprint density at radius 2 is 1.80 bits per heavy atom. The first-order valence-corrected chi connectivity index (χ1v) is 12.0. The molecule has 2 aromatic carbocycles. The second kappa shape index (κ2) is 10.1. The molecule has 3 rings (SSSR count). The minimum atomic E-state index is -3.66. The number of carbonyl (C=O) groups is 1. The lowest BCUT2D eigenvalue weighted by Gasteiger charge is -2.30. The summed E-state index contributed by atoms with van der Waals surface area (Å²) in [4.78, 5) is 15.1. The first kappa shape index (κ1) is 22.3. The molecule has 6 nitrogen and oxygen atoms in total. The zero-order valence-electron chi connectivity index (χ0n) is 17.7. The standard InChI is InChI=1S/C23H31N3O3S/c1-18-11-15-26(16-12-18)14-6-13-24-23(27)20-9-10-22(19(2)17-20)25-30(28,29)21-7-4-3-5-8-21/h3-5,7-10,17-18,25H,6,11-16H2,1-2H3,(H,24,27). The Morgan fingerprint density at radius 1 is 1.10 bits per heavy atom. The summed E-state index contributed by atoms with van der Waals surface area (Å²) in [5.74, 6) is 0.687. The second-order valence-electron chi connectivity index (χ2n) is 8.08. The lowest BCUT2D eigenvalue weighted by molar-refractivity contribution is 0.0950. The van der Waals surface area contributed by atoms with Crippen LogP contribution in [-0.4, -0.2) is 45.4 Å². The average Bonchev–Trinajstić information content (AvgIpc) is 2.74. The maximum absolute atomic E-state index is 12.5. The van der Waals surface area contributed by atoms with Crippen LogP contribution in [0.3, 0.4) is 0 Å². The highest BCUT2D eigenvalue weighted by Gasteiger charge is 2.17. The number of sulfonamides is 1. The number of anilines is 1. The van der Waals surface area contributed by atoms with Gasteiger partial charge in [-0.3, -0.25) is 9.52 Å². The zero-order chi connectivity index (χ0) is 21.6. The molecule has 1 fully saturated rings. The van der Waals surface area contributed by atoms with Crippen molar-refractivity contribution in [2.45, 2.75) is 38.0 Å². The Balaban J connectivity index is 1.51. The van der Waals surface area contributed by atoms with Crippen molar-refractivity contribution in [3.05, 3.63) is 59.7 Å². The first-order valence-electron chi connectivity index (χ1n) is 10.5. The third-order valence-electron chi connectivity index (χ3n) is 5.60. The molecule has 0 unspecified atom stereocenters. The molecule has 1 aliphatic rings. The number of nitrogens with one attached hydrogen (secondary N) is 2. The quantitative estimate of drug-likeness (QED) is 0.628. The van der Waals surface area contributed by atoms with Crippen molar-refractivity contribution in [2.75, 3.05) is 30.9 Å². The van der Waals surface area contributed by atoms with Crippen LogP contribution in [0.2, 0.25) is 0 Å². The lowest BCUT2D eigenvalue weighted by atomic mass is 9.99. The maximum atomic E-state index is 12.5. The van der Waals surface area contributed by atoms with E-state index >= 15 is 0 Å². The van der Waals surface area contributed by atoms with E-state index in [9.17, 15) is 13.2 Å². The van der Waals surface area contributed by atoms with Gasteiger partial charge in [-0.2, -0.15) is 0 Å². The van der Waals surface area contributed by atoms with Crippen molar-refractivity contribution in [1.82, 2.24) is 10.2 Å². The molecule has 1 heterocycles.